The van der Waals surface area contributed by atoms with Crippen LogP contribution in [0.4, 0.5) is 13.2 Å². The molecule has 0 saturated heterocycles. The van der Waals surface area contributed by atoms with Gasteiger partial charge in [0.05, 0.1) is 10.5 Å². The van der Waals surface area contributed by atoms with E-state index in [9.17, 15) is 13.2 Å². The van der Waals surface area contributed by atoms with Gasteiger partial charge < -0.3 is 0 Å². The van der Waals surface area contributed by atoms with Crippen molar-refractivity contribution in [2.75, 3.05) is 0 Å². The molecule has 1 atom stereocenters. The predicted molar refractivity (Wildman–Crippen MR) is 74.6 cm³/mol. The Bertz CT molecular complexity index is 652. The maximum atomic E-state index is 14.1. The molecule has 106 valence electrons. The van der Waals surface area contributed by atoms with Gasteiger partial charge in [-0.2, -0.15) is 0 Å². The van der Waals surface area contributed by atoms with Crippen molar-refractivity contribution in [3.8, 4) is 0 Å². The molecule has 0 radical (unpaired) electrons. The van der Waals surface area contributed by atoms with Crippen LogP contribution in [0.5, 0.6) is 0 Å². The van der Waals surface area contributed by atoms with Gasteiger partial charge in [0, 0.05) is 10.6 Å². The zero-order valence-corrected chi connectivity index (χ0v) is 12.3. The average molecular weight is 366 g/mol. The normalized spacial score (nSPS) is 12.5. The molecule has 0 fully saturated rings. The van der Waals surface area contributed by atoms with Gasteiger partial charge in [-0.1, -0.05) is 17.7 Å². The highest BCUT2D eigenvalue weighted by Gasteiger charge is 2.24. The van der Waals surface area contributed by atoms with Crippen LogP contribution in [-0.2, 0) is 0 Å². The van der Waals surface area contributed by atoms with Crippen LogP contribution < -0.4 is 11.3 Å². The molecule has 20 heavy (non-hydrogen) atoms. The van der Waals surface area contributed by atoms with E-state index in [0.717, 1.165) is 18.2 Å². The number of hydrogen-bond acceptors (Lipinski definition) is 2. The van der Waals surface area contributed by atoms with Gasteiger partial charge in [-0.3, -0.25) is 5.84 Å². The van der Waals surface area contributed by atoms with E-state index in [1.807, 2.05) is 0 Å². The first-order chi connectivity index (χ1) is 9.45. The second kappa shape index (κ2) is 6.13. The molecule has 2 aromatic rings. The third-order valence-electron chi connectivity index (χ3n) is 2.81. The molecule has 0 spiro atoms. The van der Waals surface area contributed by atoms with E-state index >= 15 is 0 Å². The van der Waals surface area contributed by atoms with Crippen LogP contribution in [0, 0.1) is 17.5 Å². The van der Waals surface area contributed by atoms with Crippen LogP contribution in [0.3, 0.4) is 0 Å². The summed E-state index contributed by atoms with van der Waals surface area (Å²) in [6, 6.07) is 4.81. The van der Waals surface area contributed by atoms with Crippen molar-refractivity contribution in [1.29, 1.82) is 0 Å². The van der Waals surface area contributed by atoms with Crippen LogP contribution in [0.2, 0.25) is 5.02 Å². The number of benzene rings is 2. The van der Waals surface area contributed by atoms with Gasteiger partial charge >= 0.3 is 0 Å². The summed E-state index contributed by atoms with van der Waals surface area (Å²) in [6.07, 6.45) is 0. The van der Waals surface area contributed by atoms with Crippen molar-refractivity contribution in [2.45, 2.75) is 6.04 Å². The molecule has 2 aromatic carbocycles. The molecule has 2 nitrogen and oxygen atoms in total. The molecule has 0 aliphatic carbocycles. The fourth-order valence-electron chi connectivity index (χ4n) is 1.87. The maximum absolute atomic E-state index is 14.1. The van der Waals surface area contributed by atoms with E-state index < -0.39 is 23.5 Å². The van der Waals surface area contributed by atoms with Crippen molar-refractivity contribution in [2.24, 2.45) is 5.84 Å². The Hall–Kier alpha value is -1.08. The Labute approximate surface area is 126 Å². The predicted octanol–water partition coefficient (Wildman–Crippen LogP) is 4.07. The Balaban J connectivity index is 2.61. The van der Waals surface area contributed by atoms with Gasteiger partial charge in [0.1, 0.15) is 17.5 Å². The standard InChI is InChI=1S/C13H9BrClF3N2/c14-8-3-4-10(17)11(12(8)18)13(20-19)7-2-1-6(16)5-9(7)15/h1-5,13,20H,19H2. The number of hydrazine groups is 1. The molecule has 0 saturated carbocycles. The molecular weight excluding hydrogens is 357 g/mol. The molecule has 3 N–H and O–H groups in total. The molecule has 2 rings (SSSR count). The lowest BCUT2D eigenvalue weighted by atomic mass is 9.98. The lowest BCUT2D eigenvalue weighted by Gasteiger charge is -2.20. The molecular formula is C13H9BrClF3N2. The number of hydrogen-bond donors (Lipinski definition) is 2. The van der Waals surface area contributed by atoms with Crippen LogP contribution in [0.15, 0.2) is 34.8 Å². The molecule has 0 aliphatic rings. The fourth-order valence-corrected chi connectivity index (χ4v) is 2.49. The van der Waals surface area contributed by atoms with Gasteiger partial charge in [0.25, 0.3) is 0 Å². The lowest BCUT2D eigenvalue weighted by Crippen LogP contribution is -2.30. The van der Waals surface area contributed by atoms with Crippen molar-refractivity contribution in [3.63, 3.8) is 0 Å². The summed E-state index contributed by atoms with van der Waals surface area (Å²) >= 11 is 8.88. The van der Waals surface area contributed by atoms with E-state index in [1.165, 1.54) is 12.1 Å². The van der Waals surface area contributed by atoms with Crippen LogP contribution in [-0.4, -0.2) is 0 Å². The Morgan fingerprint density at radius 3 is 2.45 bits per heavy atom. The van der Waals surface area contributed by atoms with Gasteiger partial charge in [0.15, 0.2) is 0 Å². The van der Waals surface area contributed by atoms with E-state index in [4.69, 9.17) is 17.4 Å². The number of nitrogens with two attached hydrogens (primary N) is 1. The van der Waals surface area contributed by atoms with Gasteiger partial charge in [-0.25, -0.2) is 18.6 Å². The monoisotopic (exact) mass is 364 g/mol. The second-order valence-electron chi connectivity index (χ2n) is 4.02. The van der Waals surface area contributed by atoms with Crippen molar-refractivity contribution in [1.82, 2.24) is 5.43 Å². The van der Waals surface area contributed by atoms with E-state index in [1.54, 1.807) is 0 Å². The zero-order chi connectivity index (χ0) is 14.9. The van der Waals surface area contributed by atoms with Gasteiger partial charge in [0.2, 0.25) is 0 Å². The summed E-state index contributed by atoms with van der Waals surface area (Å²) in [6.45, 7) is 0. The van der Waals surface area contributed by atoms with Gasteiger partial charge in [-0.05, 0) is 45.8 Å². The minimum absolute atomic E-state index is 0.0201. The highest BCUT2D eigenvalue weighted by molar-refractivity contribution is 9.10. The molecule has 7 heteroatoms. The molecule has 0 heterocycles. The summed E-state index contributed by atoms with van der Waals surface area (Å²) in [5, 5.41) is 0.0201. The minimum Gasteiger partial charge on any atom is -0.271 e. The van der Waals surface area contributed by atoms with Crippen molar-refractivity contribution in [3.05, 3.63) is 68.4 Å². The lowest BCUT2D eigenvalue weighted by molar-refractivity contribution is 0.507. The Kier molecular flexibility index (Phi) is 4.70. The first kappa shape index (κ1) is 15.3. The molecule has 1 unspecified atom stereocenters. The summed E-state index contributed by atoms with van der Waals surface area (Å²) in [7, 11) is 0. The Morgan fingerprint density at radius 2 is 1.85 bits per heavy atom. The zero-order valence-electron chi connectivity index (χ0n) is 9.93. The quantitative estimate of drug-likeness (QED) is 0.489. The van der Waals surface area contributed by atoms with Crippen LogP contribution in [0.1, 0.15) is 17.2 Å². The van der Waals surface area contributed by atoms with Crippen LogP contribution >= 0.6 is 27.5 Å². The SMILES string of the molecule is NNC(c1ccc(F)cc1Cl)c1c(F)ccc(Br)c1F. The summed E-state index contributed by atoms with van der Waals surface area (Å²) in [4.78, 5) is 0. The molecule has 0 bridgehead atoms. The molecule has 0 aliphatic heterocycles. The second-order valence-corrected chi connectivity index (χ2v) is 5.28. The largest absolute Gasteiger partial charge is 0.271 e. The van der Waals surface area contributed by atoms with Crippen molar-refractivity contribution >= 4 is 27.5 Å². The van der Waals surface area contributed by atoms with E-state index in [0.29, 0.717) is 0 Å². The third kappa shape index (κ3) is 2.83. The Morgan fingerprint density at radius 1 is 1.15 bits per heavy atom. The number of halogens is 5. The molecule has 0 aromatic heterocycles. The number of nitrogens with one attached hydrogen (secondary N) is 1. The summed E-state index contributed by atoms with van der Waals surface area (Å²) < 4.78 is 41.1. The van der Waals surface area contributed by atoms with Gasteiger partial charge in [-0.15, -0.1) is 0 Å². The number of rotatable bonds is 3. The summed E-state index contributed by atoms with van der Waals surface area (Å²) in [5.41, 5.74) is 2.27. The first-order valence-electron chi connectivity index (χ1n) is 5.50. The highest BCUT2D eigenvalue weighted by Crippen LogP contribution is 2.33. The van der Waals surface area contributed by atoms with E-state index in [2.05, 4.69) is 21.4 Å². The smallest absolute Gasteiger partial charge is 0.145 e. The fraction of sp³-hybridized carbons (Fsp3) is 0.0769. The van der Waals surface area contributed by atoms with Crippen LogP contribution in [0.25, 0.3) is 0 Å². The van der Waals surface area contributed by atoms with Crippen molar-refractivity contribution < 1.29 is 13.2 Å². The van der Waals surface area contributed by atoms with E-state index in [-0.39, 0.29) is 20.6 Å². The highest BCUT2D eigenvalue weighted by atomic mass is 79.9. The third-order valence-corrected chi connectivity index (χ3v) is 3.75. The molecule has 0 amide bonds. The summed E-state index contributed by atoms with van der Waals surface area (Å²) in [5.74, 6) is 3.25. The first-order valence-corrected chi connectivity index (χ1v) is 6.67. The average Bonchev–Trinajstić information content (AvgIpc) is 2.40. The maximum Gasteiger partial charge on any atom is 0.145 e. The minimum atomic E-state index is -1.04. The topological polar surface area (TPSA) is 38.0 Å².